The van der Waals surface area contributed by atoms with Crippen LogP contribution in [0.25, 0.3) is 0 Å². The van der Waals surface area contributed by atoms with Gasteiger partial charge in [-0.2, -0.15) is 0 Å². The van der Waals surface area contributed by atoms with Gasteiger partial charge in [0.15, 0.2) is 0 Å². The highest BCUT2D eigenvalue weighted by Gasteiger charge is 2.55. The predicted molar refractivity (Wildman–Crippen MR) is 117 cm³/mol. The number of rotatable bonds is 6. The molecule has 1 aliphatic heterocycles. The first-order chi connectivity index (χ1) is 14.8. The van der Waals surface area contributed by atoms with E-state index in [9.17, 15) is 14.4 Å². The summed E-state index contributed by atoms with van der Waals surface area (Å²) in [6, 6.07) is -0.487. The molecule has 0 aromatic carbocycles. The van der Waals surface area contributed by atoms with Gasteiger partial charge in [-0.05, 0) is 82.0 Å². The normalized spacial score (nSPS) is 33.3. The largest absolute Gasteiger partial charge is 0.450 e. The first-order valence-corrected chi connectivity index (χ1v) is 12.3. The number of carbonyl (C=O) groups excluding carboxylic acids is 3. The molecule has 4 aliphatic carbocycles. The lowest BCUT2D eigenvalue weighted by Gasteiger charge is -2.55. The molecule has 1 atom stereocenters. The Morgan fingerprint density at radius 1 is 1.00 bits per heavy atom. The van der Waals surface area contributed by atoms with Gasteiger partial charge in [0.2, 0.25) is 11.8 Å². The molecule has 4 bridgehead atoms. The van der Waals surface area contributed by atoms with Crippen molar-refractivity contribution in [3.05, 3.63) is 0 Å². The molecule has 0 radical (unpaired) electrons. The van der Waals surface area contributed by atoms with Crippen LogP contribution in [0, 0.1) is 29.1 Å². The van der Waals surface area contributed by atoms with E-state index >= 15 is 0 Å². The highest BCUT2D eigenvalue weighted by Crippen LogP contribution is 2.60. The Labute approximate surface area is 186 Å². The van der Waals surface area contributed by atoms with E-state index in [0.717, 1.165) is 19.3 Å². The number of nitrogens with one attached hydrogen (secondary N) is 2. The second-order valence-electron chi connectivity index (χ2n) is 10.9. The Balaban J connectivity index is 1.32. The average molecular weight is 434 g/mol. The number of likely N-dealkylation sites (tertiary alicyclic amines) is 1. The lowest BCUT2D eigenvalue weighted by Crippen LogP contribution is -2.59. The number of ether oxygens (including phenoxy) is 1. The van der Waals surface area contributed by atoms with Crippen molar-refractivity contribution < 1.29 is 19.1 Å². The number of hydrogen-bond acceptors (Lipinski definition) is 4. The molecule has 1 heterocycles. The molecule has 1 saturated heterocycles. The quantitative estimate of drug-likeness (QED) is 0.674. The van der Waals surface area contributed by atoms with Gasteiger partial charge < -0.3 is 20.3 Å². The molecule has 174 valence electrons. The standard InChI is InChI=1S/C24H39N3O4/c1-4-31-23(30)27-7-5-19(6-8-27)25-21(28)20(15(2)3)26-22(29)24-12-16-9-17(13-24)11-18(10-16)14-24/h15-20H,4-14H2,1-3H3,(H,25,28)(H,26,29). The first-order valence-electron chi connectivity index (χ1n) is 12.3. The van der Waals surface area contributed by atoms with E-state index in [-0.39, 0.29) is 35.3 Å². The molecule has 5 fully saturated rings. The summed E-state index contributed by atoms with van der Waals surface area (Å²) in [5.74, 6) is 2.14. The molecule has 0 aromatic heterocycles. The zero-order valence-electron chi connectivity index (χ0n) is 19.3. The molecule has 4 saturated carbocycles. The van der Waals surface area contributed by atoms with Crippen LogP contribution in [-0.2, 0) is 14.3 Å². The number of nitrogens with zero attached hydrogens (tertiary/aromatic N) is 1. The fourth-order valence-electron chi connectivity index (χ4n) is 6.93. The van der Waals surface area contributed by atoms with Crippen molar-refractivity contribution in [2.45, 2.75) is 84.2 Å². The van der Waals surface area contributed by atoms with Crippen molar-refractivity contribution in [1.29, 1.82) is 0 Å². The van der Waals surface area contributed by atoms with Gasteiger partial charge in [0.1, 0.15) is 6.04 Å². The van der Waals surface area contributed by atoms with E-state index in [1.807, 2.05) is 13.8 Å². The van der Waals surface area contributed by atoms with Crippen molar-refractivity contribution in [2.75, 3.05) is 19.7 Å². The number of amides is 3. The Kier molecular flexibility index (Phi) is 6.50. The fourth-order valence-corrected chi connectivity index (χ4v) is 6.93. The summed E-state index contributed by atoms with van der Waals surface area (Å²) in [4.78, 5) is 40.1. The van der Waals surface area contributed by atoms with Gasteiger partial charge >= 0.3 is 6.09 Å². The minimum atomic E-state index is -0.511. The lowest BCUT2D eigenvalue weighted by atomic mass is 9.49. The highest BCUT2D eigenvalue weighted by molar-refractivity contribution is 5.90. The third-order valence-electron chi connectivity index (χ3n) is 8.12. The maximum Gasteiger partial charge on any atom is 0.409 e. The molecule has 5 aliphatic rings. The minimum absolute atomic E-state index is 0.0240. The lowest BCUT2D eigenvalue weighted by molar-refractivity contribution is -0.149. The molecular weight excluding hydrogens is 394 g/mol. The summed E-state index contributed by atoms with van der Waals surface area (Å²) < 4.78 is 5.06. The van der Waals surface area contributed by atoms with Crippen LogP contribution in [0.15, 0.2) is 0 Å². The van der Waals surface area contributed by atoms with Crippen LogP contribution in [0.3, 0.4) is 0 Å². The monoisotopic (exact) mass is 433 g/mol. The fraction of sp³-hybridized carbons (Fsp3) is 0.875. The van der Waals surface area contributed by atoms with Gasteiger partial charge in [0.05, 0.1) is 6.61 Å². The molecule has 1 unspecified atom stereocenters. The average Bonchev–Trinajstić information content (AvgIpc) is 2.71. The summed E-state index contributed by atoms with van der Waals surface area (Å²) in [5.41, 5.74) is -0.243. The van der Waals surface area contributed by atoms with E-state index in [2.05, 4.69) is 10.6 Å². The van der Waals surface area contributed by atoms with Gasteiger partial charge in [-0.3, -0.25) is 9.59 Å². The topological polar surface area (TPSA) is 87.7 Å². The molecule has 5 rings (SSSR count). The maximum absolute atomic E-state index is 13.4. The molecule has 0 aromatic rings. The summed E-state index contributed by atoms with van der Waals surface area (Å²) in [6.45, 7) is 7.32. The molecule has 7 nitrogen and oxygen atoms in total. The molecule has 7 heteroatoms. The van der Waals surface area contributed by atoms with Crippen LogP contribution in [0.1, 0.15) is 72.1 Å². The minimum Gasteiger partial charge on any atom is -0.450 e. The smallest absolute Gasteiger partial charge is 0.409 e. The first kappa shape index (κ1) is 22.4. The van der Waals surface area contributed by atoms with E-state index in [4.69, 9.17) is 4.74 Å². The van der Waals surface area contributed by atoms with Gasteiger partial charge in [-0.1, -0.05) is 13.8 Å². The zero-order chi connectivity index (χ0) is 22.2. The van der Waals surface area contributed by atoms with Gasteiger partial charge in [0, 0.05) is 24.5 Å². The van der Waals surface area contributed by atoms with E-state index in [1.54, 1.807) is 11.8 Å². The van der Waals surface area contributed by atoms with Crippen LogP contribution in [0.4, 0.5) is 4.79 Å². The Hall–Kier alpha value is -1.79. The van der Waals surface area contributed by atoms with Crippen molar-refractivity contribution in [2.24, 2.45) is 29.1 Å². The van der Waals surface area contributed by atoms with Gasteiger partial charge in [-0.25, -0.2) is 4.79 Å². The zero-order valence-corrected chi connectivity index (χ0v) is 19.3. The van der Waals surface area contributed by atoms with Crippen molar-refractivity contribution in [1.82, 2.24) is 15.5 Å². The van der Waals surface area contributed by atoms with Crippen LogP contribution in [0.5, 0.6) is 0 Å². The van der Waals surface area contributed by atoms with Crippen LogP contribution in [0.2, 0.25) is 0 Å². The summed E-state index contributed by atoms with van der Waals surface area (Å²) >= 11 is 0. The van der Waals surface area contributed by atoms with Crippen molar-refractivity contribution in [3.8, 4) is 0 Å². The third-order valence-corrected chi connectivity index (χ3v) is 8.12. The summed E-state index contributed by atoms with van der Waals surface area (Å²) in [6.07, 6.45) is 8.03. The molecular formula is C24H39N3O4. The van der Waals surface area contributed by atoms with Gasteiger partial charge in [-0.15, -0.1) is 0 Å². The van der Waals surface area contributed by atoms with Crippen LogP contribution in [-0.4, -0.2) is 54.6 Å². The Morgan fingerprint density at radius 2 is 1.55 bits per heavy atom. The number of hydrogen-bond donors (Lipinski definition) is 2. The van der Waals surface area contributed by atoms with Gasteiger partial charge in [0.25, 0.3) is 0 Å². The molecule has 2 N–H and O–H groups in total. The van der Waals surface area contributed by atoms with Crippen molar-refractivity contribution >= 4 is 17.9 Å². The third kappa shape index (κ3) is 4.70. The number of piperidine rings is 1. The highest BCUT2D eigenvalue weighted by atomic mass is 16.6. The SMILES string of the molecule is CCOC(=O)N1CCC(NC(=O)C(NC(=O)C23CC4CC(CC(C4)C2)C3)C(C)C)CC1. The number of carbonyl (C=O) groups is 3. The second kappa shape index (κ2) is 8.99. The van der Waals surface area contributed by atoms with E-state index < -0.39 is 6.04 Å². The molecule has 31 heavy (non-hydrogen) atoms. The second-order valence-corrected chi connectivity index (χ2v) is 10.9. The maximum atomic E-state index is 13.4. The van der Waals surface area contributed by atoms with E-state index in [0.29, 0.717) is 50.3 Å². The van der Waals surface area contributed by atoms with Crippen LogP contribution < -0.4 is 10.6 Å². The molecule has 0 spiro atoms. The van der Waals surface area contributed by atoms with Crippen LogP contribution >= 0.6 is 0 Å². The summed E-state index contributed by atoms with van der Waals surface area (Å²) in [7, 11) is 0. The Morgan fingerprint density at radius 3 is 2.03 bits per heavy atom. The van der Waals surface area contributed by atoms with E-state index in [1.165, 1.54) is 19.3 Å². The van der Waals surface area contributed by atoms with Crippen molar-refractivity contribution in [3.63, 3.8) is 0 Å². The molecule has 3 amide bonds. The Bertz CT molecular complexity index is 664. The predicted octanol–water partition coefficient (Wildman–Crippen LogP) is 3.08. The summed E-state index contributed by atoms with van der Waals surface area (Å²) in [5, 5.41) is 6.31.